The molecule has 1 aliphatic heterocycles. The zero-order chi connectivity index (χ0) is 10.1. The van der Waals surface area contributed by atoms with Gasteiger partial charge in [-0.1, -0.05) is 6.08 Å². The van der Waals surface area contributed by atoms with Crippen LogP contribution in [0.1, 0.15) is 20.8 Å². The number of aliphatic hydroxyl groups is 1. The van der Waals surface area contributed by atoms with Gasteiger partial charge in [0.25, 0.3) is 0 Å². The van der Waals surface area contributed by atoms with Crippen LogP contribution in [-0.4, -0.2) is 23.1 Å². The van der Waals surface area contributed by atoms with E-state index in [2.05, 4.69) is 0 Å². The molecule has 0 bridgehead atoms. The van der Waals surface area contributed by atoms with Crippen molar-refractivity contribution in [3.63, 3.8) is 0 Å². The van der Waals surface area contributed by atoms with Crippen LogP contribution in [0.2, 0.25) is 0 Å². The average molecular weight is 182 g/mol. The minimum Gasteiger partial charge on any atom is -0.479 e. The van der Waals surface area contributed by atoms with Gasteiger partial charge in [0, 0.05) is 6.08 Å². The topological polar surface area (TPSA) is 46.5 Å². The van der Waals surface area contributed by atoms with E-state index in [9.17, 15) is 4.79 Å². The Labute approximate surface area is 77.7 Å². The number of carbonyl (C=O) groups excluding carboxylic acids is 1. The SMILES string of the molecule is C/C(=C\CO)C1=CC(=O)C(C)(C)O1. The van der Waals surface area contributed by atoms with E-state index < -0.39 is 5.60 Å². The zero-order valence-corrected chi connectivity index (χ0v) is 8.13. The number of rotatable bonds is 2. The molecule has 1 heterocycles. The highest BCUT2D eigenvalue weighted by Crippen LogP contribution is 2.28. The van der Waals surface area contributed by atoms with Gasteiger partial charge in [0.1, 0.15) is 5.76 Å². The molecule has 0 saturated heterocycles. The summed E-state index contributed by atoms with van der Waals surface area (Å²) in [5, 5.41) is 8.65. The Bertz CT molecular complexity index is 285. The number of aliphatic hydroxyl groups excluding tert-OH is 1. The van der Waals surface area contributed by atoms with Gasteiger partial charge in [0.15, 0.2) is 5.60 Å². The lowest BCUT2D eigenvalue weighted by molar-refractivity contribution is -0.126. The second-order valence-electron chi connectivity index (χ2n) is 3.55. The summed E-state index contributed by atoms with van der Waals surface area (Å²) in [6.45, 7) is 5.22. The molecule has 1 rings (SSSR count). The first-order valence-corrected chi connectivity index (χ1v) is 4.20. The van der Waals surface area contributed by atoms with Gasteiger partial charge in [-0.05, 0) is 26.3 Å². The van der Waals surface area contributed by atoms with Crippen molar-refractivity contribution in [1.29, 1.82) is 0 Å². The van der Waals surface area contributed by atoms with E-state index in [0.717, 1.165) is 5.57 Å². The van der Waals surface area contributed by atoms with Gasteiger partial charge in [0.05, 0.1) is 6.61 Å². The van der Waals surface area contributed by atoms with Crippen molar-refractivity contribution in [2.45, 2.75) is 26.4 Å². The Morgan fingerprint density at radius 1 is 1.69 bits per heavy atom. The maximum Gasteiger partial charge on any atom is 0.202 e. The van der Waals surface area contributed by atoms with Crippen molar-refractivity contribution >= 4 is 5.78 Å². The lowest BCUT2D eigenvalue weighted by Crippen LogP contribution is -2.27. The monoisotopic (exact) mass is 182 g/mol. The lowest BCUT2D eigenvalue weighted by Gasteiger charge is -2.18. The molecule has 1 N–H and O–H groups in total. The minimum atomic E-state index is -0.750. The van der Waals surface area contributed by atoms with Crippen LogP contribution in [0, 0.1) is 0 Å². The Kier molecular flexibility index (Phi) is 2.57. The Balaban J connectivity index is 2.83. The number of hydrogen-bond acceptors (Lipinski definition) is 3. The minimum absolute atomic E-state index is 0.0341. The second kappa shape index (κ2) is 3.34. The zero-order valence-electron chi connectivity index (χ0n) is 8.13. The predicted molar refractivity (Wildman–Crippen MR) is 49.1 cm³/mol. The smallest absolute Gasteiger partial charge is 0.202 e. The third-order valence-corrected chi connectivity index (χ3v) is 2.01. The molecule has 0 fully saturated rings. The maximum absolute atomic E-state index is 11.3. The average Bonchev–Trinajstić information content (AvgIpc) is 2.27. The van der Waals surface area contributed by atoms with E-state index in [-0.39, 0.29) is 12.4 Å². The summed E-state index contributed by atoms with van der Waals surface area (Å²) < 4.78 is 5.41. The second-order valence-corrected chi connectivity index (χ2v) is 3.55. The van der Waals surface area contributed by atoms with Crippen molar-refractivity contribution in [2.24, 2.45) is 0 Å². The molecule has 0 unspecified atom stereocenters. The van der Waals surface area contributed by atoms with Gasteiger partial charge in [-0.25, -0.2) is 0 Å². The van der Waals surface area contributed by atoms with Gasteiger partial charge in [-0.3, -0.25) is 4.79 Å². The van der Waals surface area contributed by atoms with E-state index >= 15 is 0 Å². The fraction of sp³-hybridized carbons (Fsp3) is 0.500. The first-order valence-electron chi connectivity index (χ1n) is 4.20. The highest BCUT2D eigenvalue weighted by molar-refractivity contribution is 5.99. The molecule has 0 atom stereocenters. The first kappa shape index (κ1) is 9.99. The number of allylic oxidation sites excluding steroid dienone is 1. The summed E-state index contributed by atoms with van der Waals surface area (Å²) in [6, 6.07) is 0. The molecule has 0 aliphatic carbocycles. The van der Waals surface area contributed by atoms with Gasteiger partial charge in [-0.15, -0.1) is 0 Å². The summed E-state index contributed by atoms with van der Waals surface area (Å²) in [4.78, 5) is 11.3. The molecule has 3 heteroatoms. The van der Waals surface area contributed by atoms with Crippen molar-refractivity contribution in [1.82, 2.24) is 0 Å². The molecule has 0 radical (unpaired) electrons. The summed E-state index contributed by atoms with van der Waals surface area (Å²) in [5.74, 6) is 0.525. The summed E-state index contributed by atoms with van der Waals surface area (Å²) in [7, 11) is 0. The highest BCUT2D eigenvalue weighted by Gasteiger charge is 2.35. The van der Waals surface area contributed by atoms with Crippen LogP contribution >= 0.6 is 0 Å². The Morgan fingerprint density at radius 2 is 2.31 bits per heavy atom. The van der Waals surface area contributed by atoms with Crippen molar-refractivity contribution < 1.29 is 14.6 Å². The number of hydrogen-bond donors (Lipinski definition) is 1. The summed E-state index contributed by atoms with van der Waals surface area (Å²) in [6.07, 6.45) is 3.09. The summed E-state index contributed by atoms with van der Waals surface area (Å²) >= 11 is 0. The number of ether oxygens (including phenoxy) is 1. The maximum atomic E-state index is 11.3. The van der Waals surface area contributed by atoms with E-state index in [1.165, 1.54) is 6.08 Å². The highest BCUT2D eigenvalue weighted by atomic mass is 16.5. The molecule has 0 aromatic carbocycles. The fourth-order valence-corrected chi connectivity index (χ4v) is 1.08. The Morgan fingerprint density at radius 3 is 2.69 bits per heavy atom. The van der Waals surface area contributed by atoms with Gasteiger partial charge >= 0.3 is 0 Å². The third-order valence-electron chi connectivity index (χ3n) is 2.01. The van der Waals surface area contributed by atoms with E-state index in [1.807, 2.05) is 0 Å². The van der Waals surface area contributed by atoms with Gasteiger partial charge in [-0.2, -0.15) is 0 Å². The summed E-state index contributed by atoms with van der Waals surface area (Å²) in [5.41, 5.74) is 0.0429. The van der Waals surface area contributed by atoms with Crippen molar-refractivity contribution in [2.75, 3.05) is 6.61 Å². The molecule has 3 nitrogen and oxygen atoms in total. The number of ketones is 1. The van der Waals surface area contributed by atoms with Crippen LogP contribution in [0.15, 0.2) is 23.5 Å². The molecule has 72 valence electrons. The molecule has 13 heavy (non-hydrogen) atoms. The van der Waals surface area contributed by atoms with Crippen LogP contribution in [0.4, 0.5) is 0 Å². The van der Waals surface area contributed by atoms with Crippen LogP contribution in [0.5, 0.6) is 0 Å². The normalized spacial score (nSPS) is 21.4. The predicted octanol–water partition coefficient (Wildman–Crippen LogP) is 1.19. The molecule has 0 aromatic rings. The largest absolute Gasteiger partial charge is 0.479 e. The third kappa shape index (κ3) is 1.98. The molecule has 0 spiro atoms. The quantitative estimate of drug-likeness (QED) is 0.697. The van der Waals surface area contributed by atoms with Crippen molar-refractivity contribution in [3.8, 4) is 0 Å². The molecule has 0 amide bonds. The van der Waals surface area contributed by atoms with E-state index in [1.54, 1.807) is 26.8 Å². The van der Waals surface area contributed by atoms with E-state index in [0.29, 0.717) is 5.76 Å². The van der Waals surface area contributed by atoms with Crippen LogP contribution in [-0.2, 0) is 9.53 Å². The van der Waals surface area contributed by atoms with Crippen LogP contribution in [0.25, 0.3) is 0 Å². The molecular weight excluding hydrogens is 168 g/mol. The van der Waals surface area contributed by atoms with Crippen LogP contribution in [0.3, 0.4) is 0 Å². The fourth-order valence-electron chi connectivity index (χ4n) is 1.08. The first-order chi connectivity index (χ1) is 5.97. The molecular formula is C10H14O3. The van der Waals surface area contributed by atoms with Gasteiger partial charge in [0.2, 0.25) is 5.78 Å². The number of carbonyl (C=O) groups is 1. The van der Waals surface area contributed by atoms with Crippen LogP contribution < -0.4 is 0 Å². The molecule has 1 aliphatic rings. The van der Waals surface area contributed by atoms with Crippen molar-refractivity contribution in [3.05, 3.63) is 23.5 Å². The van der Waals surface area contributed by atoms with Gasteiger partial charge < -0.3 is 9.84 Å². The standard InChI is InChI=1S/C10H14O3/c1-7(4-5-11)8-6-9(12)10(2,3)13-8/h4,6,11H,5H2,1-3H3/b7-4+. The lowest BCUT2D eigenvalue weighted by atomic mass is 10.1. The van der Waals surface area contributed by atoms with E-state index in [4.69, 9.17) is 9.84 Å². The Hall–Kier alpha value is -1.09. The molecule has 0 saturated carbocycles. The molecule has 0 aromatic heterocycles.